The van der Waals surface area contributed by atoms with E-state index >= 15 is 0 Å². The number of hydrogen-bond acceptors (Lipinski definition) is 7. The van der Waals surface area contributed by atoms with Gasteiger partial charge in [-0.25, -0.2) is 4.79 Å². The van der Waals surface area contributed by atoms with E-state index in [0.29, 0.717) is 17.2 Å². The molecule has 0 saturated heterocycles. The van der Waals surface area contributed by atoms with Crippen LogP contribution in [-0.2, 0) is 9.53 Å². The number of para-hydroxylation sites is 1. The second-order valence-corrected chi connectivity index (χ2v) is 5.87. The van der Waals surface area contributed by atoms with Crippen molar-refractivity contribution in [1.29, 1.82) is 0 Å². The third kappa shape index (κ3) is 5.19. The molecule has 0 radical (unpaired) electrons. The molecule has 0 aliphatic heterocycles. The van der Waals surface area contributed by atoms with E-state index in [1.54, 1.807) is 24.3 Å². The Bertz CT molecular complexity index is 1010. The van der Waals surface area contributed by atoms with E-state index in [0.717, 1.165) is 12.1 Å². The monoisotopic (exact) mass is 396 g/mol. The smallest absolute Gasteiger partial charge is 0.433 e. The number of ether oxygens (including phenoxy) is 2. The normalized spacial score (nSPS) is 11.3. The number of amides is 1. The predicted molar refractivity (Wildman–Crippen MR) is 102 cm³/mol. The van der Waals surface area contributed by atoms with Gasteiger partial charge in [0.2, 0.25) is 5.76 Å². The molecule has 0 fully saturated rings. The summed E-state index contributed by atoms with van der Waals surface area (Å²) in [5, 5.41) is 13.2. The number of hydrogen-bond donors (Lipinski definition) is 1. The number of carbonyl (C=O) groups excluding carboxylic acids is 2. The van der Waals surface area contributed by atoms with E-state index in [4.69, 9.17) is 13.9 Å². The molecule has 2 aromatic carbocycles. The van der Waals surface area contributed by atoms with Gasteiger partial charge in [0.1, 0.15) is 16.4 Å². The number of benzene rings is 2. The zero-order chi connectivity index (χ0) is 20.8. The maximum atomic E-state index is 12.2. The van der Waals surface area contributed by atoms with Crippen molar-refractivity contribution in [2.75, 3.05) is 5.32 Å². The van der Waals surface area contributed by atoms with Crippen molar-refractivity contribution in [3.8, 4) is 11.5 Å². The van der Waals surface area contributed by atoms with Gasteiger partial charge in [-0.05, 0) is 49.4 Å². The maximum absolute atomic E-state index is 12.2. The first-order valence-electron chi connectivity index (χ1n) is 8.51. The van der Waals surface area contributed by atoms with E-state index in [1.807, 2.05) is 30.3 Å². The quantitative estimate of drug-likeness (QED) is 0.361. The number of carbonyl (C=O) groups is 2. The van der Waals surface area contributed by atoms with E-state index in [2.05, 4.69) is 5.32 Å². The lowest BCUT2D eigenvalue weighted by molar-refractivity contribution is -0.402. The van der Waals surface area contributed by atoms with Crippen LogP contribution in [0.2, 0.25) is 0 Å². The van der Waals surface area contributed by atoms with Crippen molar-refractivity contribution >= 4 is 23.4 Å². The highest BCUT2D eigenvalue weighted by molar-refractivity contribution is 5.96. The zero-order valence-corrected chi connectivity index (χ0v) is 15.2. The maximum Gasteiger partial charge on any atom is 0.433 e. The Kier molecular flexibility index (Phi) is 5.88. The number of nitrogens with zero attached hydrogens (tertiary/aromatic N) is 1. The van der Waals surface area contributed by atoms with Gasteiger partial charge >= 0.3 is 11.9 Å². The first-order valence-corrected chi connectivity index (χ1v) is 8.51. The third-order valence-electron chi connectivity index (χ3n) is 3.73. The Morgan fingerprint density at radius 2 is 1.66 bits per heavy atom. The molecule has 0 aliphatic rings. The molecule has 1 N–H and O–H groups in total. The van der Waals surface area contributed by atoms with Crippen LogP contribution in [0.15, 0.2) is 71.1 Å². The van der Waals surface area contributed by atoms with Crippen LogP contribution < -0.4 is 10.1 Å². The molecule has 1 unspecified atom stereocenters. The lowest BCUT2D eigenvalue weighted by Crippen LogP contribution is -2.29. The zero-order valence-electron chi connectivity index (χ0n) is 15.2. The third-order valence-corrected chi connectivity index (χ3v) is 3.73. The van der Waals surface area contributed by atoms with Crippen molar-refractivity contribution in [3.05, 3.63) is 82.6 Å². The molecule has 1 atom stereocenters. The highest BCUT2D eigenvalue weighted by Gasteiger charge is 2.23. The number of nitrogens with one attached hydrogen (secondary N) is 1. The SMILES string of the molecule is CC(OC(=O)c1ccc([N+](=O)[O-])o1)C(=O)Nc1ccc(Oc2ccccc2)cc1. The summed E-state index contributed by atoms with van der Waals surface area (Å²) in [5.41, 5.74) is 0.479. The van der Waals surface area contributed by atoms with Gasteiger partial charge in [0.25, 0.3) is 5.91 Å². The van der Waals surface area contributed by atoms with Crippen LogP contribution in [0.5, 0.6) is 11.5 Å². The molecule has 1 amide bonds. The minimum Gasteiger partial charge on any atom is -0.457 e. The van der Waals surface area contributed by atoms with Crippen LogP contribution in [-0.4, -0.2) is 22.9 Å². The van der Waals surface area contributed by atoms with Crippen molar-refractivity contribution in [2.45, 2.75) is 13.0 Å². The Labute approximate surface area is 165 Å². The van der Waals surface area contributed by atoms with Crippen molar-refractivity contribution in [3.63, 3.8) is 0 Å². The van der Waals surface area contributed by atoms with E-state index < -0.39 is 28.8 Å². The molecule has 0 saturated carbocycles. The van der Waals surface area contributed by atoms with Crippen LogP contribution in [0.4, 0.5) is 11.6 Å². The molecule has 9 heteroatoms. The van der Waals surface area contributed by atoms with E-state index in [9.17, 15) is 19.7 Å². The first kappa shape index (κ1) is 19.6. The second-order valence-electron chi connectivity index (χ2n) is 5.87. The lowest BCUT2D eigenvalue weighted by Gasteiger charge is -2.13. The Hall–Kier alpha value is -4.14. The van der Waals surface area contributed by atoms with Crippen molar-refractivity contribution < 1.29 is 28.4 Å². The van der Waals surface area contributed by atoms with E-state index in [-0.39, 0.29) is 5.76 Å². The molecular weight excluding hydrogens is 380 g/mol. The molecule has 3 rings (SSSR count). The molecule has 0 aliphatic carbocycles. The van der Waals surface area contributed by atoms with Gasteiger partial charge in [0.15, 0.2) is 6.10 Å². The summed E-state index contributed by atoms with van der Waals surface area (Å²) in [7, 11) is 0. The highest BCUT2D eigenvalue weighted by atomic mass is 16.7. The summed E-state index contributed by atoms with van der Waals surface area (Å²) < 4.78 is 15.4. The Morgan fingerprint density at radius 3 is 2.28 bits per heavy atom. The van der Waals surface area contributed by atoms with E-state index in [1.165, 1.54) is 6.92 Å². The van der Waals surface area contributed by atoms with Crippen molar-refractivity contribution in [2.24, 2.45) is 0 Å². The minimum atomic E-state index is -1.15. The van der Waals surface area contributed by atoms with Gasteiger partial charge in [-0.2, -0.15) is 0 Å². The molecular formula is C20H16N2O7. The van der Waals surface area contributed by atoms with Gasteiger partial charge in [0, 0.05) is 5.69 Å². The van der Waals surface area contributed by atoms with Gasteiger partial charge in [-0.3, -0.25) is 14.9 Å². The van der Waals surface area contributed by atoms with Gasteiger partial charge in [0.05, 0.1) is 6.07 Å². The number of anilines is 1. The summed E-state index contributed by atoms with van der Waals surface area (Å²) in [6.07, 6.45) is -1.15. The number of rotatable bonds is 7. The predicted octanol–water partition coefficient (Wildman–Crippen LogP) is 4.16. The molecule has 148 valence electrons. The fourth-order valence-electron chi connectivity index (χ4n) is 2.28. The summed E-state index contributed by atoms with van der Waals surface area (Å²) in [5.74, 6) is -1.23. The van der Waals surface area contributed by atoms with Crippen molar-refractivity contribution in [1.82, 2.24) is 0 Å². The fourth-order valence-corrected chi connectivity index (χ4v) is 2.28. The Balaban J connectivity index is 1.54. The largest absolute Gasteiger partial charge is 0.457 e. The average molecular weight is 396 g/mol. The molecule has 3 aromatic rings. The number of nitro groups is 1. The second kappa shape index (κ2) is 8.70. The lowest BCUT2D eigenvalue weighted by atomic mass is 10.2. The van der Waals surface area contributed by atoms with Crippen LogP contribution in [0.1, 0.15) is 17.5 Å². The highest BCUT2D eigenvalue weighted by Crippen LogP contribution is 2.23. The van der Waals surface area contributed by atoms with Gasteiger partial charge in [-0.15, -0.1) is 0 Å². The van der Waals surface area contributed by atoms with Crippen LogP contribution >= 0.6 is 0 Å². The summed E-state index contributed by atoms with van der Waals surface area (Å²) in [6, 6.07) is 18.0. The summed E-state index contributed by atoms with van der Waals surface area (Å²) in [6.45, 7) is 1.37. The van der Waals surface area contributed by atoms with Crippen LogP contribution in [0.3, 0.4) is 0 Å². The summed E-state index contributed by atoms with van der Waals surface area (Å²) in [4.78, 5) is 33.9. The fraction of sp³-hybridized carbons (Fsp3) is 0.100. The molecule has 0 bridgehead atoms. The number of furan rings is 1. The van der Waals surface area contributed by atoms with Crippen LogP contribution in [0.25, 0.3) is 0 Å². The summed E-state index contributed by atoms with van der Waals surface area (Å²) >= 11 is 0. The number of esters is 1. The molecule has 1 heterocycles. The first-order chi connectivity index (χ1) is 13.9. The molecule has 9 nitrogen and oxygen atoms in total. The van der Waals surface area contributed by atoms with Crippen LogP contribution in [0, 0.1) is 10.1 Å². The minimum absolute atomic E-state index is 0.362. The average Bonchev–Trinajstić information content (AvgIpc) is 3.21. The van der Waals surface area contributed by atoms with Gasteiger partial charge < -0.3 is 19.2 Å². The Morgan fingerprint density at radius 1 is 1.00 bits per heavy atom. The molecule has 29 heavy (non-hydrogen) atoms. The van der Waals surface area contributed by atoms with Gasteiger partial charge in [-0.1, -0.05) is 18.2 Å². The molecule has 0 spiro atoms. The molecule has 1 aromatic heterocycles. The topological polar surface area (TPSA) is 121 Å². The standard InChI is InChI=1S/C20H16N2O7/c1-13(27-20(24)17-11-12-18(29-17)22(25)26)19(23)21-14-7-9-16(10-8-14)28-15-5-3-2-4-6-15/h2-13H,1H3,(H,21,23).